The van der Waals surface area contributed by atoms with Gasteiger partial charge in [0, 0.05) is 64.9 Å². The Labute approximate surface area is 340 Å². The molecule has 0 spiro atoms. The first-order valence-corrected chi connectivity index (χ1v) is 20.8. The fraction of sp³-hybridized carbons (Fsp3) is 0.0545. The van der Waals surface area contributed by atoms with Crippen LogP contribution in [0, 0.1) is 0 Å². The molecule has 2 nitrogen and oxygen atoms in total. The van der Waals surface area contributed by atoms with E-state index in [0.29, 0.717) is 0 Å². The van der Waals surface area contributed by atoms with Crippen LogP contribution >= 0.6 is 11.3 Å². The fourth-order valence-corrected chi connectivity index (χ4v) is 10.8. The molecule has 0 saturated heterocycles. The molecule has 9 aromatic carbocycles. The van der Waals surface area contributed by atoms with E-state index >= 15 is 0 Å². The van der Waals surface area contributed by atoms with Crippen molar-refractivity contribution in [3.63, 3.8) is 0 Å². The number of thiophene rings is 1. The minimum Gasteiger partial charge on any atom is -0.455 e. The van der Waals surface area contributed by atoms with E-state index in [1.165, 1.54) is 70.1 Å². The first-order chi connectivity index (χ1) is 28.5. The average molecular weight is 760 g/mol. The van der Waals surface area contributed by atoms with Gasteiger partial charge in [0.1, 0.15) is 11.2 Å². The Balaban J connectivity index is 1.05. The van der Waals surface area contributed by atoms with E-state index in [-0.39, 0.29) is 5.41 Å². The smallest absolute Gasteiger partial charge is 0.143 e. The van der Waals surface area contributed by atoms with Gasteiger partial charge in [0.25, 0.3) is 0 Å². The van der Waals surface area contributed by atoms with Crippen molar-refractivity contribution in [3.05, 3.63) is 199 Å². The Hall–Kier alpha value is -6.94. The molecule has 58 heavy (non-hydrogen) atoms. The van der Waals surface area contributed by atoms with Gasteiger partial charge >= 0.3 is 0 Å². The number of hydrogen-bond acceptors (Lipinski definition) is 3. The third-order valence-electron chi connectivity index (χ3n) is 12.5. The van der Waals surface area contributed by atoms with Gasteiger partial charge in [-0.1, -0.05) is 141 Å². The summed E-state index contributed by atoms with van der Waals surface area (Å²) in [5.74, 6) is 0. The maximum Gasteiger partial charge on any atom is 0.143 e. The third-order valence-corrected chi connectivity index (χ3v) is 13.6. The quantitative estimate of drug-likeness (QED) is 0.174. The molecular weight excluding hydrogens is 723 g/mol. The van der Waals surface area contributed by atoms with Crippen molar-refractivity contribution in [2.45, 2.75) is 19.3 Å². The normalized spacial score (nSPS) is 13.1. The van der Waals surface area contributed by atoms with E-state index in [1.54, 1.807) is 0 Å². The number of anilines is 3. The summed E-state index contributed by atoms with van der Waals surface area (Å²) in [5.41, 5.74) is 15.2. The lowest BCUT2D eigenvalue weighted by atomic mass is 9.82. The Morgan fingerprint density at radius 1 is 0.414 bits per heavy atom. The SMILES string of the molecule is CC1(C)c2ccccc2-c2ccc(N(c3ccc(-c4ccccc4)cc3)c3ccc4c(c3)oc3c5ccccc5c(-c5cccc6sc7ccccc7c56)cc43)cc21. The van der Waals surface area contributed by atoms with Gasteiger partial charge < -0.3 is 9.32 Å². The summed E-state index contributed by atoms with van der Waals surface area (Å²) in [7, 11) is 0. The summed E-state index contributed by atoms with van der Waals surface area (Å²) in [4.78, 5) is 2.38. The molecule has 0 N–H and O–H groups in total. The predicted octanol–water partition coefficient (Wildman–Crippen LogP) is 16.2. The number of furan rings is 1. The molecular formula is C55H37NOS. The van der Waals surface area contributed by atoms with Gasteiger partial charge in [-0.25, -0.2) is 0 Å². The van der Waals surface area contributed by atoms with E-state index in [1.807, 2.05) is 11.3 Å². The highest BCUT2D eigenvalue weighted by molar-refractivity contribution is 7.25. The van der Waals surface area contributed by atoms with Crippen LogP contribution < -0.4 is 4.90 Å². The summed E-state index contributed by atoms with van der Waals surface area (Å²) >= 11 is 1.86. The Morgan fingerprint density at radius 2 is 1.05 bits per heavy atom. The van der Waals surface area contributed by atoms with Crippen molar-refractivity contribution >= 4 is 81.3 Å². The molecule has 0 atom stereocenters. The van der Waals surface area contributed by atoms with Crippen LogP contribution in [0.4, 0.5) is 17.1 Å². The first kappa shape index (κ1) is 33.2. The molecule has 2 aromatic heterocycles. The van der Waals surface area contributed by atoms with Gasteiger partial charge in [-0.15, -0.1) is 11.3 Å². The maximum absolute atomic E-state index is 6.96. The van der Waals surface area contributed by atoms with E-state index in [0.717, 1.165) is 44.4 Å². The highest BCUT2D eigenvalue weighted by Crippen LogP contribution is 2.51. The van der Waals surface area contributed by atoms with Gasteiger partial charge in [-0.3, -0.25) is 0 Å². The van der Waals surface area contributed by atoms with Crippen LogP contribution in [0.5, 0.6) is 0 Å². The molecule has 0 saturated carbocycles. The number of rotatable bonds is 5. The largest absolute Gasteiger partial charge is 0.455 e. The molecule has 2 heterocycles. The Kier molecular flexibility index (Phi) is 7.18. The van der Waals surface area contributed by atoms with Crippen molar-refractivity contribution in [3.8, 4) is 33.4 Å². The topological polar surface area (TPSA) is 16.4 Å². The Morgan fingerprint density at radius 3 is 1.91 bits per heavy atom. The van der Waals surface area contributed by atoms with Crippen molar-refractivity contribution in [1.29, 1.82) is 0 Å². The van der Waals surface area contributed by atoms with Gasteiger partial charge in [0.15, 0.2) is 0 Å². The van der Waals surface area contributed by atoms with Crippen molar-refractivity contribution < 1.29 is 4.42 Å². The summed E-state index contributed by atoms with van der Waals surface area (Å²) in [5, 5.41) is 7.18. The van der Waals surface area contributed by atoms with Crippen LogP contribution in [-0.2, 0) is 5.41 Å². The van der Waals surface area contributed by atoms with Crippen LogP contribution in [0.2, 0.25) is 0 Å². The van der Waals surface area contributed by atoms with E-state index in [2.05, 4.69) is 207 Å². The molecule has 12 rings (SSSR count). The molecule has 11 aromatic rings. The zero-order chi connectivity index (χ0) is 38.5. The van der Waals surface area contributed by atoms with Crippen LogP contribution in [0.15, 0.2) is 192 Å². The second-order valence-electron chi connectivity index (χ2n) is 16.1. The molecule has 0 bridgehead atoms. The highest BCUT2D eigenvalue weighted by Gasteiger charge is 2.35. The van der Waals surface area contributed by atoms with Crippen LogP contribution in [-0.4, -0.2) is 0 Å². The molecule has 0 radical (unpaired) electrons. The number of benzene rings is 9. The van der Waals surface area contributed by atoms with E-state index in [9.17, 15) is 0 Å². The van der Waals surface area contributed by atoms with Crippen LogP contribution in [0.3, 0.4) is 0 Å². The Bertz CT molecular complexity index is 3420. The summed E-state index contributed by atoms with van der Waals surface area (Å²) < 4.78 is 9.58. The third kappa shape index (κ3) is 4.90. The van der Waals surface area contributed by atoms with Gasteiger partial charge in [0.05, 0.1) is 0 Å². The van der Waals surface area contributed by atoms with Crippen molar-refractivity contribution in [2.24, 2.45) is 0 Å². The van der Waals surface area contributed by atoms with Crippen LogP contribution in [0.25, 0.3) is 86.3 Å². The molecule has 0 amide bonds. The maximum atomic E-state index is 6.96. The highest BCUT2D eigenvalue weighted by atomic mass is 32.1. The van der Waals surface area contributed by atoms with Gasteiger partial charge in [-0.05, 0) is 104 Å². The van der Waals surface area contributed by atoms with E-state index < -0.39 is 0 Å². The second kappa shape index (κ2) is 12.5. The molecule has 1 aliphatic rings. The lowest BCUT2D eigenvalue weighted by molar-refractivity contribution is 0.660. The van der Waals surface area contributed by atoms with Gasteiger partial charge in [0.2, 0.25) is 0 Å². The van der Waals surface area contributed by atoms with Crippen LogP contribution in [0.1, 0.15) is 25.0 Å². The second-order valence-corrected chi connectivity index (χ2v) is 17.1. The molecule has 0 fully saturated rings. The lowest BCUT2D eigenvalue weighted by Crippen LogP contribution is -2.16. The average Bonchev–Trinajstić information content (AvgIpc) is 3.91. The fourth-order valence-electron chi connectivity index (χ4n) is 9.66. The molecule has 3 heteroatoms. The molecule has 0 aliphatic heterocycles. The minimum atomic E-state index is -0.119. The summed E-state index contributed by atoms with van der Waals surface area (Å²) in [6, 6.07) is 68.7. The van der Waals surface area contributed by atoms with E-state index in [4.69, 9.17) is 4.42 Å². The summed E-state index contributed by atoms with van der Waals surface area (Å²) in [6.45, 7) is 4.70. The standard InChI is InChI=1S/C55H37NOS/c1-55(2)48-20-10-8-16-40(48)41-29-27-37(31-49(41)55)56(36-25-23-35(24-26-36)34-13-4-3-5-14-34)38-28-30-42-47-33-46(39-15-6-7-17-44(39)54(47)57-50(42)32-38)43-19-12-22-52-53(43)45-18-9-11-21-51(45)58-52/h3-33H,1-2H3. The van der Waals surface area contributed by atoms with Crippen molar-refractivity contribution in [2.75, 3.05) is 4.90 Å². The zero-order valence-electron chi connectivity index (χ0n) is 32.2. The van der Waals surface area contributed by atoms with Gasteiger partial charge in [-0.2, -0.15) is 0 Å². The van der Waals surface area contributed by atoms with Crippen molar-refractivity contribution in [1.82, 2.24) is 0 Å². The minimum absolute atomic E-state index is 0.119. The number of hydrogen-bond donors (Lipinski definition) is 0. The molecule has 1 aliphatic carbocycles. The lowest BCUT2D eigenvalue weighted by Gasteiger charge is -2.28. The predicted molar refractivity (Wildman–Crippen MR) is 247 cm³/mol. The molecule has 274 valence electrons. The molecule has 0 unspecified atom stereocenters. The first-order valence-electron chi connectivity index (χ1n) is 20.0. The number of fused-ring (bicyclic) bond motifs is 11. The zero-order valence-corrected chi connectivity index (χ0v) is 33.0. The number of nitrogens with zero attached hydrogens (tertiary/aromatic N) is 1. The monoisotopic (exact) mass is 759 g/mol. The summed E-state index contributed by atoms with van der Waals surface area (Å²) in [6.07, 6.45) is 0.